The molecule has 0 fully saturated rings. The Morgan fingerprint density at radius 1 is 1.43 bits per heavy atom. The molecule has 120 valence electrons. The lowest BCUT2D eigenvalue weighted by molar-refractivity contribution is -0.122. The van der Waals surface area contributed by atoms with Crippen molar-refractivity contribution in [2.24, 2.45) is 0 Å². The summed E-state index contributed by atoms with van der Waals surface area (Å²) in [7, 11) is 0. The molecule has 0 bridgehead atoms. The number of carbonyl (C=O) groups is 1. The molecule has 0 aliphatic rings. The van der Waals surface area contributed by atoms with Crippen LogP contribution in [0, 0.1) is 6.92 Å². The fraction of sp³-hybridized carbons (Fsp3) is 0.312. The Morgan fingerprint density at radius 3 is 2.96 bits per heavy atom. The predicted molar refractivity (Wildman–Crippen MR) is 89.2 cm³/mol. The topological polar surface area (TPSA) is 75.6 Å². The van der Waals surface area contributed by atoms with Crippen LogP contribution in [0.25, 0.3) is 10.9 Å². The summed E-state index contributed by atoms with van der Waals surface area (Å²) < 4.78 is 1.88. The largest absolute Gasteiger partial charge is 0.344 e. The van der Waals surface area contributed by atoms with Crippen LogP contribution in [0.1, 0.15) is 31.0 Å². The van der Waals surface area contributed by atoms with Crippen molar-refractivity contribution in [2.75, 3.05) is 0 Å². The maximum Gasteiger partial charge on any atom is 0.240 e. The van der Waals surface area contributed by atoms with Gasteiger partial charge < -0.3 is 9.88 Å². The number of aryl methyl sites for hydroxylation is 1. The molecule has 3 rings (SSSR count). The molecule has 7 heteroatoms. The summed E-state index contributed by atoms with van der Waals surface area (Å²) in [4.78, 5) is 16.6. The van der Waals surface area contributed by atoms with Crippen LogP contribution in [0.5, 0.6) is 0 Å². The van der Waals surface area contributed by atoms with Gasteiger partial charge in [-0.2, -0.15) is 5.10 Å². The number of halogens is 1. The number of carbonyl (C=O) groups excluding carboxylic acids is 1. The third-order valence-electron chi connectivity index (χ3n) is 3.72. The average Bonchev–Trinajstić information content (AvgIpc) is 3.12. The van der Waals surface area contributed by atoms with Crippen LogP contribution in [0.2, 0.25) is 5.02 Å². The first-order chi connectivity index (χ1) is 11.1. The summed E-state index contributed by atoms with van der Waals surface area (Å²) in [5.41, 5.74) is 0.939. The van der Waals surface area contributed by atoms with Crippen LogP contribution >= 0.6 is 11.6 Å². The van der Waals surface area contributed by atoms with E-state index in [-0.39, 0.29) is 18.5 Å². The summed E-state index contributed by atoms with van der Waals surface area (Å²) in [6.45, 7) is 4.05. The Bertz CT molecular complexity index is 838. The summed E-state index contributed by atoms with van der Waals surface area (Å²) in [6, 6.07) is 7.41. The highest BCUT2D eigenvalue weighted by molar-refractivity contribution is 6.31. The molecule has 3 aromatic rings. The number of fused-ring (bicyclic) bond motifs is 1. The smallest absolute Gasteiger partial charge is 0.240 e. The van der Waals surface area contributed by atoms with Gasteiger partial charge in [-0.3, -0.25) is 9.89 Å². The monoisotopic (exact) mass is 331 g/mol. The van der Waals surface area contributed by atoms with Crippen LogP contribution in [0.15, 0.2) is 30.5 Å². The fourth-order valence-electron chi connectivity index (χ4n) is 2.55. The molecule has 1 aromatic carbocycles. The van der Waals surface area contributed by atoms with Crippen molar-refractivity contribution < 1.29 is 4.79 Å². The zero-order valence-electron chi connectivity index (χ0n) is 13.0. The molecule has 23 heavy (non-hydrogen) atoms. The number of hydrogen-bond donors (Lipinski definition) is 2. The molecule has 1 atom stereocenters. The number of nitrogens with one attached hydrogen (secondary N) is 2. The quantitative estimate of drug-likeness (QED) is 0.754. The Labute approximate surface area is 138 Å². The number of benzene rings is 1. The number of aromatic amines is 1. The molecular formula is C16H18ClN5O. The van der Waals surface area contributed by atoms with E-state index in [9.17, 15) is 4.79 Å². The number of rotatable bonds is 5. The third kappa shape index (κ3) is 3.37. The lowest BCUT2D eigenvalue weighted by atomic mass is 10.2. The predicted octanol–water partition coefficient (Wildman–Crippen LogP) is 2.99. The van der Waals surface area contributed by atoms with E-state index in [0.29, 0.717) is 10.8 Å². The Morgan fingerprint density at radius 2 is 2.26 bits per heavy atom. The van der Waals surface area contributed by atoms with Gasteiger partial charge in [0.1, 0.15) is 12.4 Å². The molecule has 0 spiro atoms. The SMILES string of the molecule is CC[C@@H](NC(=O)Cn1ccc2ccc(Cl)cc21)c1n[nH]c(C)n1. The van der Waals surface area contributed by atoms with Crippen molar-refractivity contribution in [1.82, 2.24) is 25.1 Å². The molecule has 2 N–H and O–H groups in total. The van der Waals surface area contributed by atoms with Crippen LogP contribution in [0.3, 0.4) is 0 Å². The highest BCUT2D eigenvalue weighted by Crippen LogP contribution is 2.20. The first-order valence-electron chi connectivity index (χ1n) is 7.49. The van der Waals surface area contributed by atoms with Gasteiger partial charge in [0, 0.05) is 16.7 Å². The van der Waals surface area contributed by atoms with Crippen LogP contribution < -0.4 is 5.32 Å². The number of H-pyrrole nitrogens is 1. The lowest BCUT2D eigenvalue weighted by Gasteiger charge is -2.14. The molecule has 2 heterocycles. The molecule has 0 aliphatic carbocycles. The van der Waals surface area contributed by atoms with Crippen molar-refractivity contribution in [3.8, 4) is 0 Å². The van der Waals surface area contributed by atoms with E-state index >= 15 is 0 Å². The second kappa shape index (κ2) is 6.42. The Hall–Kier alpha value is -2.34. The Kier molecular flexibility index (Phi) is 4.34. The maximum atomic E-state index is 12.4. The van der Waals surface area contributed by atoms with E-state index in [1.54, 1.807) is 0 Å². The van der Waals surface area contributed by atoms with Crippen molar-refractivity contribution in [3.63, 3.8) is 0 Å². The van der Waals surface area contributed by atoms with Crippen LogP contribution in [-0.2, 0) is 11.3 Å². The highest BCUT2D eigenvalue weighted by Gasteiger charge is 2.17. The van der Waals surface area contributed by atoms with Crippen molar-refractivity contribution >= 4 is 28.4 Å². The molecule has 6 nitrogen and oxygen atoms in total. The minimum Gasteiger partial charge on any atom is -0.344 e. The van der Waals surface area contributed by atoms with Crippen molar-refractivity contribution in [3.05, 3.63) is 47.1 Å². The normalized spacial score (nSPS) is 12.5. The second-order valence-corrected chi connectivity index (χ2v) is 5.89. The molecule has 0 saturated carbocycles. The number of amides is 1. The van der Waals surface area contributed by atoms with Gasteiger partial charge in [-0.15, -0.1) is 0 Å². The standard InChI is InChI=1S/C16H18ClN5O/c1-3-13(16-18-10(2)20-21-16)19-15(23)9-22-7-6-11-4-5-12(17)8-14(11)22/h4-8,13H,3,9H2,1-2H3,(H,19,23)(H,18,20,21)/t13-/m1/s1. The first kappa shape index (κ1) is 15.6. The van der Waals surface area contributed by atoms with Gasteiger partial charge in [0.25, 0.3) is 0 Å². The second-order valence-electron chi connectivity index (χ2n) is 5.45. The van der Waals surface area contributed by atoms with Crippen LogP contribution in [-0.4, -0.2) is 25.7 Å². The number of aromatic nitrogens is 4. The molecule has 2 aromatic heterocycles. The van der Waals surface area contributed by atoms with Crippen LogP contribution in [0.4, 0.5) is 0 Å². The van der Waals surface area contributed by atoms with E-state index in [4.69, 9.17) is 11.6 Å². The van der Waals surface area contributed by atoms with Gasteiger partial charge in [-0.1, -0.05) is 24.6 Å². The van der Waals surface area contributed by atoms with E-state index in [2.05, 4.69) is 20.5 Å². The number of nitrogens with zero attached hydrogens (tertiary/aromatic N) is 3. The van der Waals surface area contributed by atoms with E-state index in [1.165, 1.54) is 0 Å². The Balaban J connectivity index is 1.74. The summed E-state index contributed by atoms with van der Waals surface area (Å²) in [5, 5.41) is 11.6. The maximum absolute atomic E-state index is 12.4. The third-order valence-corrected chi connectivity index (χ3v) is 3.95. The molecule has 0 radical (unpaired) electrons. The zero-order valence-corrected chi connectivity index (χ0v) is 13.8. The van der Waals surface area contributed by atoms with Crippen molar-refractivity contribution in [2.45, 2.75) is 32.9 Å². The molecular weight excluding hydrogens is 314 g/mol. The summed E-state index contributed by atoms with van der Waals surface area (Å²) in [6.07, 6.45) is 2.61. The van der Waals surface area contributed by atoms with Gasteiger partial charge in [-0.05, 0) is 36.9 Å². The van der Waals surface area contributed by atoms with Gasteiger partial charge in [0.05, 0.1) is 6.04 Å². The molecule has 0 unspecified atom stereocenters. The van der Waals surface area contributed by atoms with Crippen molar-refractivity contribution in [1.29, 1.82) is 0 Å². The number of hydrogen-bond acceptors (Lipinski definition) is 3. The van der Waals surface area contributed by atoms with E-state index in [1.807, 2.05) is 48.9 Å². The molecule has 0 saturated heterocycles. The highest BCUT2D eigenvalue weighted by atomic mass is 35.5. The van der Waals surface area contributed by atoms with Gasteiger partial charge in [0.15, 0.2) is 5.82 Å². The van der Waals surface area contributed by atoms with Gasteiger partial charge >= 0.3 is 0 Å². The zero-order chi connectivity index (χ0) is 16.4. The summed E-state index contributed by atoms with van der Waals surface area (Å²) >= 11 is 6.04. The van der Waals surface area contributed by atoms with Gasteiger partial charge in [-0.25, -0.2) is 4.98 Å². The first-order valence-corrected chi connectivity index (χ1v) is 7.87. The fourth-order valence-corrected chi connectivity index (χ4v) is 2.72. The van der Waals surface area contributed by atoms with Gasteiger partial charge in [0.2, 0.25) is 5.91 Å². The van der Waals surface area contributed by atoms with E-state index < -0.39 is 0 Å². The lowest BCUT2D eigenvalue weighted by Crippen LogP contribution is -2.31. The summed E-state index contributed by atoms with van der Waals surface area (Å²) in [5.74, 6) is 1.26. The van der Waals surface area contributed by atoms with E-state index in [0.717, 1.165) is 23.1 Å². The average molecular weight is 332 g/mol. The molecule has 1 amide bonds. The molecule has 0 aliphatic heterocycles. The minimum absolute atomic E-state index is 0.0863. The minimum atomic E-state index is -0.196.